The average Bonchev–Trinajstić information content (AvgIpc) is 2.15. The molecule has 0 radical (unpaired) electrons. The van der Waals surface area contributed by atoms with E-state index in [0.29, 0.717) is 0 Å². The van der Waals surface area contributed by atoms with E-state index in [-0.39, 0.29) is 5.39 Å². The quantitative estimate of drug-likeness (QED) is 0.714. The van der Waals surface area contributed by atoms with E-state index < -0.39 is 28.5 Å². The van der Waals surface area contributed by atoms with Gasteiger partial charge in [0, 0.05) is 0 Å². The Bertz CT molecular complexity index is 654. The van der Waals surface area contributed by atoms with Gasteiger partial charge in [0.25, 0.3) is 5.56 Å². The minimum atomic E-state index is -4.61. The summed E-state index contributed by atoms with van der Waals surface area (Å²) in [6, 6.07) is 3.12. The highest BCUT2D eigenvalue weighted by Crippen LogP contribution is 2.32. The summed E-state index contributed by atoms with van der Waals surface area (Å²) in [6.07, 6.45) is -4.61. The zero-order valence-electron chi connectivity index (χ0n) is 7.68. The van der Waals surface area contributed by atoms with Crippen LogP contribution in [0.25, 0.3) is 10.9 Å². The van der Waals surface area contributed by atoms with Gasteiger partial charge in [-0.25, -0.2) is 4.79 Å². The van der Waals surface area contributed by atoms with Gasteiger partial charge in [0.2, 0.25) is 0 Å². The lowest BCUT2D eigenvalue weighted by Crippen LogP contribution is -2.23. The lowest BCUT2D eigenvalue weighted by atomic mass is 10.1. The van der Waals surface area contributed by atoms with E-state index in [1.165, 1.54) is 6.07 Å². The summed E-state index contributed by atoms with van der Waals surface area (Å²) in [7, 11) is 0. The lowest BCUT2D eigenvalue weighted by molar-refractivity contribution is -0.136. The molecule has 7 heteroatoms. The number of fused-ring (bicyclic) bond motifs is 1. The van der Waals surface area contributed by atoms with Crippen molar-refractivity contribution in [1.29, 1.82) is 0 Å². The molecule has 4 nitrogen and oxygen atoms in total. The third kappa shape index (κ3) is 1.60. The SMILES string of the molecule is O=c1[nH]c(=O)c2cccc(C(F)(F)F)c2[nH]1. The van der Waals surface area contributed by atoms with Crippen LogP contribution in [0.4, 0.5) is 13.2 Å². The van der Waals surface area contributed by atoms with Crippen molar-refractivity contribution < 1.29 is 13.2 Å². The Morgan fingerprint density at radius 1 is 1.06 bits per heavy atom. The summed E-state index contributed by atoms with van der Waals surface area (Å²) in [6.45, 7) is 0. The molecule has 0 fully saturated rings. The highest BCUT2D eigenvalue weighted by atomic mass is 19.4. The first-order valence-corrected chi connectivity index (χ1v) is 4.22. The summed E-state index contributed by atoms with van der Waals surface area (Å²) in [5, 5.41) is -0.200. The Labute approximate surface area is 85.7 Å². The van der Waals surface area contributed by atoms with Gasteiger partial charge in [0.1, 0.15) is 0 Å². The third-order valence-electron chi connectivity index (χ3n) is 2.08. The van der Waals surface area contributed by atoms with Crippen LogP contribution in [-0.2, 0) is 6.18 Å². The summed E-state index contributed by atoms with van der Waals surface area (Å²) in [5.74, 6) is 0. The van der Waals surface area contributed by atoms with Gasteiger partial charge in [-0.05, 0) is 12.1 Å². The van der Waals surface area contributed by atoms with E-state index in [9.17, 15) is 22.8 Å². The van der Waals surface area contributed by atoms with Crippen molar-refractivity contribution in [3.05, 3.63) is 44.6 Å². The maximum Gasteiger partial charge on any atom is 0.418 e. The van der Waals surface area contributed by atoms with Crippen molar-refractivity contribution in [2.75, 3.05) is 0 Å². The van der Waals surface area contributed by atoms with Crippen LogP contribution in [0, 0.1) is 0 Å². The van der Waals surface area contributed by atoms with E-state index in [1.54, 1.807) is 0 Å². The summed E-state index contributed by atoms with van der Waals surface area (Å²) in [5.41, 5.74) is -3.34. The molecular weight excluding hydrogens is 225 g/mol. The van der Waals surface area contributed by atoms with E-state index in [0.717, 1.165) is 12.1 Å². The number of para-hydroxylation sites is 1. The first-order valence-electron chi connectivity index (χ1n) is 4.22. The zero-order chi connectivity index (χ0) is 11.9. The summed E-state index contributed by atoms with van der Waals surface area (Å²) in [4.78, 5) is 26.0. The van der Waals surface area contributed by atoms with Crippen molar-refractivity contribution >= 4 is 10.9 Å². The molecule has 0 amide bonds. The second-order valence-electron chi connectivity index (χ2n) is 3.13. The molecule has 0 saturated heterocycles. The van der Waals surface area contributed by atoms with Gasteiger partial charge in [0.05, 0.1) is 16.5 Å². The highest BCUT2D eigenvalue weighted by Gasteiger charge is 2.33. The fourth-order valence-corrected chi connectivity index (χ4v) is 1.43. The van der Waals surface area contributed by atoms with Gasteiger partial charge in [0.15, 0.2) is 0 Å². The molecule has 0 unspecified atom stereocenters. The number of benzene rings is 1. The second kappa shape index (κ2) is 3.22. The fourth-order valence-electron chi connectivity index (χ4n) is 1.43. The maximum atomic E-state index is 12.5. The highest BCUT2D eigenvalue weighted by molar-refractivity contribution is 5.81. The first-order chi connectivity index (χ1) is 7.39. The number of halogens is 3. The standard InChI is InChI=1S/C9H5F3N2O2/c10-9(11,12)5-3-1-2-4-6(5)13-8(16)14-7(4)15/h1-3H,(H2,13,14,15,16). The molecule has 2 N–H and O–H groups in total. The maximum absolute atomic E-state index is 12.5. The molecule has 0 aliphatic heterocycles. The van der Waals surface area contributed by atoms with Crippen LogP contribution in [0.5, 0.6) is 0 Å². The molecule has 1 heterocycles. The minimum absolute atomic E-state index is 0.200. The number of rotatable bonds is 0. The predicted octanol–water partition coefficient (Wildman–Crippen LogP) is 1.24. The number of hydrogen-bond acceptors (Lipinski definition) is 2. The third-order valence-corrected chi connectivity index (χ3v) is 2.08. The summed E-state index contributed by atoms with van der Waals surface area (Å²) >= 11 is 0. The van der Waals surface area contributed by atoms with Crippen molar-refractivity contribution in [2.24, 2.45) is 0 Å². The Hall–Kier alpha value is -2.05. The van der Waals surface area contributed by atoms with Crippen molar-refractivity contribution in [3.63, 3.8) is 0 Å². The van der Waals surface area contributed by atoms with Gasteiger partial charge in [-0.2, -0.15) is 13.2 Å². The molecule has 84 valence electrons. The molecule has 0 aliphatic rings. The minimum Gasteiger partial charge on any atom is -0.306 e. The largest absolute Gasteiger partial charge is 0.418 e. The Kier molecular flexibility index (Phi) is 2.11. The molecule has 0 saturated carbocycles. The van der Waals surface area contributed by atoms with E-state index >= 15 is 0 Å². The van der Waals surface area contributed by atoms with Gasteiger partial charge in [-0.15, -0.1) is 0 Å². The van der Waals surface area contributed by atoms with Gasteiger partial charge >= 0.3 is 11.9 Å². The van der Waals surface area contributed by atoms with Gasteiger partial charge < -0.3 is 4.98 Å². The number of alkyl halides is 3. The van der Waals surface area contributed by atoms with E-state index in [4.69, 9.17) is 0 Å². The number of nitrogens with one attached hydrogen (secondary N) is 2. The molecular formula is C9H5F3N2O2. The van der Waals surface area contributed by atoms with Crippen molar-refractivity contribution in [1.82, 2.24) is 9.97 Å². The predicted molar refractivity (Wildman–Crippen MR) is 50.2 cm³/mol. The van der Waals surface area contributed by atoms with Crippen LogP contribution in [0.3, 0.4) is 0 Å². The average molecular weight is 230 g/mol. The molecule has 2 aromatic rings. The number of hydrogen-bond donors (Lipinski definition) is 2. The normalized spacial score (nSPS) is 11.9. The van der Waals surface area contributed by atoms with Crippen molar-refractivity contribution in [3.8, 4) is 0 Å². The van der Waals surface area contributed by atoms with E-state index in [2.05, 4.69) is 0 Å². The fraction of sp³-hybridized carbons (Fsp3) is 0.111. The Morgan fingerprint density at radius 2 is 1.75 bits per heavy atom. The molecule has 0 bridgehead atoms. The van der Waals surface area contributed by atoms with Crippen LogP contribution < -0.4 is 11.2 Å². The van der Waals surface area contributed by atoms with Gasteiger partial charge in [-0.3, -0.25) is 9.78 Å². The topological polar surface area (TPSA) is 65.7 Å². The number of aromatic nitrogens is 2. The second-order valence-corrected chi connectivity index (χ2v) is 3.13. The molecule has 1 aromatic heterocycles. The lowest BCUT2D eigenvalue weighted by Gasteiger charge is -2.08. The molecule has 2 rings (SSSR count). The van der Waals surface area contributed by atoms with Crippen LogP contribution in [0.2, 0.25) is 0 Å². The van der Waals surface area contributed by atoms with Crippen LogP contribution in [0.15, 0.2) is 27.8 Å². The zero-order valence-corrected chi connectivity index (χ0v) is 7.68. The monoisotopic (exact) mass is 230 g/mol. The molecule has 16 heavy (non-hydrogen) atoms. The van der Waals surface area contributed by atoms with Gasteiger partial charge in [-0.1, -0.05) is 6.07 Å². The van der Waals surface area contributed by atoms with Crippen LogP contribution in [-0.4, -0.2) is 9.97 Å². The number of H-pyrrole nitrogens is 2. The molecule has 0 aliphatic carbocycles. The van der Waals surface area contributed by atoms with Crippen LogP contribution >= 0.6 is 0 Å². The molecule has 0 atom stereocenters. The summed E-state index contributed by atoms with van der Waals surface area (Å²) < 4.78 is 37.6. The molecule has 1 aromatic carbocycles. The molecule has 0 spiro atoms. The Balaban J connectivity index is 2.99. The Morgan fingerprint density at radius 3 is 2.38 bits per heavy atom. The number of aromatic amines is 2. The van der Waals surface area contributed by atoms with Crippen molar-refractivity contribution in [2.45, 2.75) is 6.18 Å². The van der Waals surface area contributed by atoms with E-state index in [1.807, 2.05) is 9.97 Å². The van der Waals surface area contributed by atoms with Crippen LogP contribution in [0.1, 0.15) is 5.56 Å². The first kappa shape index (κ1) is 10.5. The smallest absolute Gasteiger partial charge is 0.306 e.